The van der Waals surface area contributed by atoms with Crippen LogP contribution in [0, 0.1) is 0 Å². The molecule has 0 radical (unpaired) electrons. The summed E-state index contributed by atoms with van der Waals surface area (Å²) in [7, 11) is 5.99. The van der Waals surface area contributed by atoms with E-state index in [9.17, 15) is 19.5 Å². The molecule has 0 aliphatic rings. The quantitative estimate of drug-likeness (QED) is 0.0211. The van der Waals surface area contributed by atoms with Crippen LogP contribution in [-0.4, -0.2) is 87.4 Å². The Bertz CT molecular complexity index is 1390. The highest BCUT2D eigenvalue weighted by atomic mass is 16.7. The van der Waals surface area contributed by atoms with Crippen molar-refractivity contribution < 1.29 is 42.9 Å². The Labute approximate surface area is 509 Å². The lowest BCUT2D eigenvalue weighted by molar-refractivity contribution is -0.870. The standard InChI is InChI=1S/C73H139NO8/c1-6-8-10-12-14-16-18-20-22-24-26-28-29-30-31-32-33-34-35-36-37-38-39-40-41-42-43-44-46-48-50-52-54-56-58-60-62-64-71(76)82-69(68-81-73(72(77)78)79-66-65-74(3,4)5)67-80-70(75)63-61-59-57-55-53-51-49-47-45-27-25-23-21-19-17-15-13-11-9-7-2/h18,20,24,26,69,73H,6-17,19,21-23,25,27-68H2,1-5H3/p+1/b20-18-,26-24-. The van der Waals surface area contributed by atoms with Gasteiger partial charge in [-0.3, -0.25) is 9.59 Å². The van der Waals surface area contributed by atoms with Gasteiger partial charge in [0, 0.05) is 12.8 Å². The second kappa shape index (κ2) is 64.8. The Morgan fingerprint density at radius 1 is 0.366 bits per heavy atom. The van der Waals surface area contributed by atoms with Crippen LogP contribution in [0.5, 0.6) is 0 Å². The molecule has 1 N–H and O–H groups in total. The summed E-state index contributed by atoms with van der Waals surface area (Å²) in [4.78, 5) is 37.6. The number of allylic oxidation sites excluding steroid dienone is 4. The van der Waals surface area contributed by atoms with Gasteiger partial charge in [0.25, 0.3) is 6.29 Å². The first-order valence-corrected chi connectivity index (χ1v) is 36.0. The maximum atomic E-state index is 12.9. The molecule has 0 aromatic rings. The molecule has 2 unspecified atom stereocenters. The van der Waals surface area contributed by atoms with Crippen molar-refractivity contribution in [2.75, 3.05) is 47.5 Å². The number of likely N-dealkylation sites (N-methyl/N-ethyl adjacent to an activating group) is 1. The van der Waals surface area contributed by atoms with E-state index in [2.05, 4.69) is 38.2 Å². The summed E-state index contributed by atoms with van der Waals surface area (Å²) in [5, 5.41) is 9.74. The zero-order chi connectivity index (χ0) is 59.8. The molecule has 0 bridgehead atoms. The second-order valence-electron chi connectivity index (χ2n) is 25.9. The molecule has 0 aromatic carbocycles. The zero-order valence-electron chi connectivity index (χ0n) is 55.4. The third-order valence-electron chi connectivity index (χ3n) is 16.5. The lowest BCUT2D eigenvalue weighted by Gasteiger charge is -2.25. The minimum atomic E-state index is -1.51. The number of nitrogens with zero attached hydrogens (tertiary/aromatic N) is 1. The number of ether oxygens (including phenoxy) is 4. The van der Waals surface area contributed by atoms with Gasteiger partial charge in [-0.25, -0.2) is 4.79 Å². The van der Waals surface area contributed by atoms with E-state index < -0.39 is 18.4 Å². The molecule has 484 valence electrons. The fourth-order valence-electron chi connectivity index (χ4n) is 10.9. The maximum Gasteiger partial charge on any atom is 0.361 e. The van der Waals surface area contributed by atoms with Crippen molar-refractivity contribution in [3.8, 4) is 0 Å². The minimum Gasteiger partial charge on any atom is -0.477 e. The average molecular weight is 1160 g/mol. The number of carboxylic acids is 1. The molecule has 82 heavy (non-hydrogen) atoms. The Kier molecular flexibility index (Phi) is 63.0. The summed E-state index contributed by atoms with van der Waals surface area (Å²) in [6.45, 7) is 4.94. The third-order valence-corrected chi connectivity index (χ3v) is 16.5. The van der Waals surface area contributed by atoms with Crippen LogP contribution < -0.4 is 0 Å². The molecule has 0 fully saturated rings. The molecule has 9 nitrogen and oxygen atoms in total. The van der Waals surface area contributed by atoms with Gasteiger partial charge in [0.05, 0.1) is 34.4 Å². The van der Waals surface area contributed by atoms with Crippen LogP contribution in [-0.2, 0) is 33.3 Å². The van der Waals surface area contributed by atoms with Crippen LogP contribution in [0.2, 0.25) is 0 Å². The number of unbranched alkanes of at least 4 members (excludes halogenated alkanes) is 49. The van der Waals surface area contributed by atoms with Gasteiger partial charge in [-0.2, -0.15) is 0 Å². The van der Waals surface area contributed by atoms with Crippen molar-refractivity contribution in [2.45, 2.75) is 379 Å². The summed E-state index contributed by atoms with van der Waals surface area (Å²) >= 11 is 0. The van der Waals surface area contributed by atoms with E-state index >= 15 is 0 Å². The molecule has 2 atom stereocenters. The first-order valence-electron chi connectivity index (χ1n) is 36.0. The van der Waals surface area contributed by atoms with Crippen LogP contribution in [0.15, 0.2) is 24.3 Å². The predicted molar refractivity (Wildman–Crippen MR) is 351 cm³/mol. The molecule has 0 heterocycles. The molecule has 0 rings (SSSR count). The van der Waals surface area contributed by atoms with E-state index in [-0.39, 0.29) is 38.2 Å². The molecular weight excluding hydrogens is 1020 g/mol. The van der Waals surface area contributed by atoms with Crippen LogP contribution in [0.1, 0.15) is 367 Å². The van der Waals surface area contributed by atoms with Gasteiger partial charge in [0.15, 0.2) is 6.10 Å². The molecule has 0 aliphatic heterocycles. The van der Waals surface area contributed by atoms with Gasteiger partial charge >= 0.3 is 17.9 Å². The van der Waals surface area contributed by atoms with Gasteiger partial charge in [-0.15, -0.1) is 0 Å². The SMILES string of the molecule is CCCCCCC/C=C\C/C=C\CCCCCCCCCCCCCCCCCCCCCCCCCCCC(=O)OC(COC(=O)CCCCCCCCCCCCCCCCCCCCCC)COC(OCC[N+](C)(C)C)C(=O)O. The van der Waals surface area contributed by atoms with Crippen molar-refractivity contribution in [2.24, 2.45) is 0 Å². The zero-order valence-corrected chi connectivity index (χ0v) is 55.4. The van der Waals surface area contributed by atoms with E-state index in [1.165, 1.54) is 295 Å². The summed E-state index contributed by atoms with van der Waals surface area (Å²) in [5.41, 5.74) is 0. The third kappa shape index (κ3) is 65.3. The Balaban J connectivity index is 3.97. The number of carbonyl (C=O) groups excluding carboxylic acids is 2. The summed E-state index contributed by atoms with van der Waals surface area (Å²) in [6, 6.07) is 0. The van der Waals surface area contributed by atoms with Crippen molar-refractivity contribution in [1.82, 2.24) is 0 Å². The average Bonchev–Trinajstić information content (AvgIpc) is 3.47. The molecule has 0 saturated carbocycles. The molecule has 0 amide bonds. The molecule has 0 saturated heterocycles. The number of quaternary nitrogens is 1. The normalized spacial score (nSPS) is 12.7. The topological polar surface area (TPSA) is 108 Å². The Morgan fingerprint density at radius 3 is 0.963 bits per heavy atom. The number of carboxylic acid groups (broad SMARTS) is 1. The lowest BCUT2D eigenvalue weighted by Crippen LogP contribution is -2.40. The van der Waals surface area contributed by atoms with Crippen molar-refractivity contribution >= 4 is 17.9 Å². The highest BCUT2D eigenvalue weighted by molar-refractivity contribution is 5.71. The first-order chi connectivity index (χ1) is 40.1. The summed E-state index contributed by atoms with van der Waals surface area (Å²) in [5.74, 6) is -1.97. The highest BCUT2D eigenvalue weighted by Gasteiger charge is 2.25. The number of esters is 2. The van der Waals surface area contributed by atoms with Gasteiger partial charge in [-0.05, 0) is 44.9 Å². The predicted octanol–water partition coefficient (Wildman–Crippen LogP) is 22.2. The van der Waals surface area contributed by atoms with Gasteiger partial charge < -0.3 is 28.5 Å². The molecular formula is C73H140NO8+. The number of aliphatic carboxylic acids is 1. The molecule has 0 spiro atoms. The van der Waals surface area contributed by atoms with E-state index in [1.54, 1.807) is 0 Å². The van der Waals surface area contributed by atoms with Crippen LogP contribution >= 0.6 is 0 Å². The molecule has 9 heteroatoms. The second-order valence-corrected chi connectivity index (χ2v) is 25.9. The maximum absolute atomic E-state index is 12.9. The number of carbonyl (C=O) groups is 3. The number of rotatable bonds is 68. The largest absolute Gasteiger partial charge is 0.477 e. The van der Waals surface area contributed by atoms with Crippen molar-refractivity contribution in [1.29, 1.82) is 0 Å². The summed E-state index contributed by atoms with van der Waals surface area (Å²) < 4.78 is 23.0. The summed E-state index contributed by atoms with van der Waals surface area (Å²) in [6.07, 6.45) is 77.4. The van der Waals surface area contributed by atoms with Crippen LogP contribution in [0.25, 0.3) is 0 Å². The molecule has 0 aromatic heterocycles. The monoisotopic (exact) mass is 1160 g/mol. The lowest BCUT2D eigenvalue weighted by atomic mass is 10.0. The fourth-order valence-corrected chi connectivity index (χ4v) is 10.9. The minimum absolute atomic E-state index is 0.174. The van der Waals surface area contributed by atoms with Crippen LogP contribution in [0.3, 0.4) is 0 Å². The van der Waals surface area contributed by atoms with Crippen molar-refractivity contribution in [3.05, 3.63) is 24.3 Å². The van der Waals surface area contributed by atoms with Gasteiger partial charge in [0.1, 0.15) is 13.2 Å². The van der Waals surface area contributed by atoms with Gasteiger partial charge in [0.2, 0.25) is 0 Å². The smallest absolute Gasteiger partial charge is 0.361 e. The van der Waals surface area contributed by atoms with E-state index in [0.29, 0.717) is 17.4 Å². The van der Waals surface area contributed by atoms with E-state index in [1.807, 2.05) is 21.1 Å². The molecule has 0 aliphatic carbocycles. The highest BCUT2D eigenvalue weighted by Crippen LogP contribution is 2.19. The van der Waals surface area contributed by atoms with Crippen molar-refractivity contribution in [3.63, 3.8) is 0 Å². The van der Waals surface area contributed by atoms with E-state index in [0.717, 1.165) is 44.9 Å². The Hall–Kier alpha value is -2.23. The first kappa shape index (κ1) is 79.8. The van der Waals surface area contributed by atoms with Crippen LogP contribution in [0.4, 0.5) is 0 Å². The number of hydrogen-bond donors (Lipinski definition) is 1. The number of hydrogen-bond acceptors (Lipinski definition) is 7. The van der Waals surface area contributed by atoms with Gasteiger partial charge in [-0.1, -0.05) is 334 Å². The fraction of sp³-hybridized carbons (Fsp3) is 0.904. The van der Waals surface area contributed by atoms with E-state index in [4.69, 9.17) is 18.9 Å². The Morgan fingerprint density at radius 2 is 0.659 bits per heavy atom.